The minimum absolute atomic E-state index is 0.000480. The number of carbonyl (C=O) groups is 1. The first kappa shape index (κ1) is 13.9. The summed E-state index contributed by atoms with van der Waals surface area (Å²) in [6.07, 6.45) is 1.16. The lowest BCUT2D eigenvalue weighted by Crippen LogP contribution is -2.47. The average Bonchev–Trinajstić information content (AvgIpc) is 2.49. The van der Waals surface area contributed by atoms with Crippen molar-refractivity contribution in [3.05, 3.63) is 30.3 Å². The fourth-order valence-corrected chi connectivity index (χ4v) is 2.66. The molecular formula is C15H22N2O2. The maximum Gasteiger partial charge on any atom is 0.304 e. The Bertz CT molecular complexity index is 431. The molecule has 0 radical (unpaired) electrons. The number of hydrogen-bond acceptors (Lipinski definition) is 3. The highest BCUT2D eigenvalue weighted by Gasteiger charge is 2.32. The quantitative estimate of drug-likeness (QED) is 0.876. The Balaban J connectivity index is 2.22. The molecule has 1 aromatic carbocycles. The normalized spacial score (nSPS) is 22.8. The minimum Gasteiger partial charge on any atom is -0.481 e. The number of benzene rings is 1. The van der Waals surface area contributed by atoms with Crippen LogP contribution in [0.15, 0.2) is 30.3 Å². The number of carboxylic acids is 1. The lowest BCUT2D eigenvalue weighted by molar-refractivity contribution is -0.137. The number of aliphatic carboxylic acids is 1. The van der Waals surface area contributed by atoms with E-state index in [9.17, 15) is 4.79 Å². The van der Waals surface area contributed by atoms with Crippen LogP contribution >= 0.6 is 0 Å². The molecule has 0 bridgehead atoms. The second-order valence-electron chi connectivity index (χ2n) is 5.76. The van der Waals surface area contributed by atoms with E-state index in [1.165, 1.54) is 0 Å². The third-order valence-electron chi connectivity index (χ3n) is 3.79. The molecule has 0 spiro atoms. The van der Waals surface area contributed by atoms with E-state index in [-0.39, 0.29) is 18.0 Å². The zero-order valence-electron chi connectivity index (χ0n) is 11.6. The van der Waals surface area contributed by atoms with Gasteiger partial charge in [0.2, 0.25) is 0 Å². The van der Waals surface area contributed by atoms with E-state index < -0.39 is 5.97 Å². The molecule has 1 unspecified atom stereocenters. The highest BCUT2D eigenvalue weighted by molar-refractivity contribution is 5.67. The first-order chi connectivity index (χ1) is 8.99. The van der Waals surface area contributed by atoms with Crippen LogP contribution < -0.4 is 10.2 Å². The summed E-state index contributed by atoms with van der Waals surface area (Å²) in [6, 6.07) is 10.2. The first-order valence-electron chi connectivity index (χ1n) is 6.77. The van der Waals surface area contributed by atoms with Crippen LogP contribution in [-0.2, 0) is 4.79 Å². The molecule has 1 aliphatic heterocycles. The van der Waals surface area contributed by atoms with E-state index >= 15 is 0 Å². The Morgan fingerprint density at radius 2 is 2.11 bits per heavy atom. The molecule has 1 saturated heterocycles. The van der Waals surface area contributed by atoms with Crippen LogP contribution in [0.1, 0.15) is 26.7 Å². The molecule has 2 rings (SSSR count). The van der Waals surface area contributed by atoms with Crippen LogP contribution in [-0.4, -0.2) is 35.7 Å². The van der Waals surface area contributed by atoms with Crippen molar-refractivity contribution in [1.82, 2.24) is 5.32 Å². The summed E-state index contributed by atoms with van der Waals surface area (Å²) in [4.78, 5) is 13.2. The molecule has 4 nitrogen and oxygen atoms in total. The number of nitrogens with one attached hydrogen (secondary N) is 1. The molecule has 0 aliphatic carbocycles. The molecule has 0 aromatic heterocycles. The number of rotatable bonds is 3. The zero-order valence-corrected chi connectivity index (χ0v) is 11.6. The number of nitrogens with zero attached hydrogens (tertiary/aromatic N) is 1. The van der Waals surface area contributed by atoms with Gasteiger partial charge in [0.05, 0.1) is 6.42 Å². The number of hydrogen-bond donors (Lipinski definition) is 2. The van der Waals surface area contributed by atoms with Crippen molar-refractivity contribution in [3.63, 3.8) is 0 Å². The van der Waals surface area contributed by atoms with Crippen molar-refractivity contribution in [2.24, 2.45) is 0 Å². The van der Waals surface area contributed by atoms with E-state index in [0.717, 1.165) is 25.2 Å². The van der Waals surface area contributed by atoms with Gasteiger partial charge >= 0.3 is 5.97 Å². The van der Waals surface area contributed by atoms with E-state index in [1.807, 2.05) is 18.2 Å². The van der Waals surface area contributed by atoms with Gasteiger partial charge in [0.1, 0.15) is 0 Å². The third-order valence-corrected chi connectivity index (χ3v) is 3.79. The Morgan fingerprint density at radius 3 is 2.74 bits per heavy atom. The van der Waals surface area contributed by atoms with Crippen molar-refractivity contribution < 1.29 is 9.90 Å². The minimum atomic E-state index is -0.745. The average molecular weight is 262 g/mol. The predicted molar refractivity (Wildman–Crippen MR) is 76.5 cm³/mol. The highest BCUT2D eigenvalue weighted by Crippen LogP contribution is 2.28. The number of anilines is 1. The van der Waals surface area contributed by atoms with Gasteiger partial charge in [-0.3, -0.25) is 4.79 Å². The molecule has 2 N–H and O–H groups in total. The summed E-state index contributed by atoms with van der Waals surface area (Å²) in [5.74, 6) is -0.745. The Labute approximate surface area is 114 Å². The van der Waals surface area contributed by atoms with E-state index in [0.29, 0.717) is 0 Å². The standard InChI is InChI=1S/C15H22N2O2/c1-15(2)8-9-16-12(10-14(18)19)11-17(15)13-6-4-3-5-7-13/h3-7,12,16H,8-11H2,1-2H3,(H,18,19). The van der Waals surface area contributed by atoms with Gasteiger partial charge in [0.15, 0.2) is 0 Å². The van der Waals surface area contributed by atoms with E-state index in [1.54, 1.807) is 0 Å². The second kappa shape index (κ2) is 5.61. The van der Waals surface area contributed by atoms with Crippen molar-refractivity contribution in [2.45, 2.75) is 38.3 Å². The van der Waals surface area contributed by atoms with Crippen LogP contribution in [0, 0.1) is 0 Å². The molecule has 1 atom stereocenters. The van der Waals surface area contributed by atoms with Gasteiger partial charge in [-0.2, -0.15) is 0 Å². The summed E-state index contributed by atoms with van der Waals surface area (Å²) in [7, 11) is 0. The maximum absolute atomic E-state index is 10.9. The van der Waals surface area contributed by atoms with Gasteiger partial charge in [-0.1, -0.05) is 18.2 Å². The lowest BCUT2D eigenvalue weighted by atomic mass is 9.97. The summed E-state index contributed by atoms with van der Waals surface area (Å²) in [6.45, 7) is 6.01. The van der Waals surface area contributed by atoms with Gasteiger partial charge < -0.3 is 15.3 Å². The molecule has 1 aliphatic rings. The van der Waals surface area contributed by atoms with Crippen molar-refractivity contribution in [1.29, 1.82) is 0 Å². The van der Waals surface area contributed by atoms with Gasteiger partial charge in [-0.25, -0.2) is 0 Å². The van der Waals surface area contributed by atoms with Crippen LogP contribution in [0.5, 0.6) is 0 Å². The summed E-state index contributed by atoms with van der Waals surface area (Å²) in [5.41, 5.74) is 1.19. The Morgan fingerprint density at radius 1 is 1.42 bits per heavy atom. The van der Waals surface area contributed by atoms with Crippen molar-refractivity contribution in [2.75, 3.05) is 18.0 Å². The fraction of sp³-hybridized carbons (Fsp3) is 0.533. The van der Waals surface area contributed by atoms with Gasteiger partial charge in [-0.05, 0) is 38.9 Å². The van der Waals surface area contributed by atoms with Crippen LogP contribution in [0.25, 0.3) is 0 Å². The van der Waals surface area contributed by atoms with Gasteiger partial charge in [0.25, 0.3) is 0 Å². The SMILES string of the molecule is CC1(C)CCNC(CC(=O)O)CN1c1ccccc1. The molecule has 19 heavy (non-hydrogen) atoms. The monoisotopic (exact) mass is 262 g/mol. The molecule has 4 heteroatoms. The van der Waals surface area contributed by atoms with Crippen molar-refractivity contribution >= 4 is 11.7 Å². The fourth-order valence-electron chi connectivity index (χ4n) is 2.66. The molecule has 0 amide bonds. The maximum atomic E-state index is 10.9. The van der Waals surface area contributed by atoms with E-state index in [4.69, 9.17) is 5.11 Å². The predicted octanol–water partition coefficient (Wildman–Crippen LogP) is 2.11. The van der Waals surface area contributed by atoms with E-state index in [2.05, 4.69) is 36.2 Å². The molecule has 1 aromatic rings. The van der Waals surface area contributed by atoms with Crippen LogP contribution in [0.3, 0.4) is 0 Å². The molecule has 1 fully saturated rings. The third kappa shape index (κ3) is 3.47. The number of carboxylic acid groups (broad SMARTS) is 1. The Kier molecular flexibility index (Phi) is 4.10. The van der Waals surface area contributed by atoms with Crippen molar-refractivity contribution in [3.8, 4) is 0 Å². The van der Waals surface area contributed by atoms with Crippen LogP contribution in [0.2, 0.25) is 0 Å². The summed E-state index contributed by atoms with van der Waals surface area (Å²) < 4.78 is 0. The smallest absolute Gasteiger partial charge is 0.304 e. The summed E-state index contributed by atoms with van der Waals surface area (Å²) >= 11 is 0. The lowest BCUT2D eigenvalue weighted by Gasteiger charge is -2.39. The zero-order chi connectivity index (χ0) is 13.9. The molecule has 1 heterocycles. The second-order valence-corrected chi connectivity index (χ2v) is 5.76. The Hall–Kier alpha value is -1.55. The van der Waals surface area contributed by atoms with Crippen LogP contribution in [0.4, 0.5) is 5.69 Å². The highest BCUT2D eigenvalue weighted by atomic mass is 16.4. The topological polar surface area (TPSA) is 52.6 Å². The van der Waals surface area contributed by atoms with Gasteiger partial charge in [-0.15, -0.1) is 0 Å². The molecule has 104 valence electrons. The largest absolute Gasteiger partial charge is 0.481 e. The van der Waals surface area contributed by atoms with Gasteiger partial charge in [0, 0.05) is 23.8 Å². The molecular weight excluding hydrogens is 240 g/mol. The summed E-state index contributed by atoms with van der Waals surface area (Å²) in [5, 5.41) is 12.3. The number of para-hydroxylation sites is 1. The first-order valence-corrected chi connectivity index (χ1v) is 6.77. The molecule has 0 saturated carbocycles.